The molecule has 11 heavy (non-hydrogen) atoms. The summed E-state index contributed by atoms with van der Waals surface area (Å²) in [5.74, 6) is 0. The molecule has 5 heteroatoms. The second kappa shape index (κ2) is 4.71. The van der Waals surface area contributed by atoms with Crippen molar-refractivity contribution in [1.82, 2.24) is 0 Å². The predicted octanol–water partition coefficient (Wildman–Crippen LogP) is -1.41. The van der Waals surface area contributed by atoms with Gasteiger partial charge in [-0.05, 0) is 0 Å². The Morgan fingerprint density at radius 1 is 1.27 bits per heavy atom. The van der Waals surface area contributed by atoms with Crippen LogP contribution in [-0.2, 0) is 4.79 Å². The minimum absolute atomic E-state index is 0.171. The third-order valence-corrected chi connectivity index (χ3v) is 1.64. The molecule has 0 saturated heterocycles. The number of hydrogen-bond acceptors (Lipinski definition) is 5. The SMILES string of the molecule is CC(S)C(O)C(O)C(O)C=O. The number of carbonyl (C=O) groups is 1. The third-order valence-electron chi connectivity index (χ3n) is 1.33. The predicted molar refractivity (Wildman–Crippen MR) is 42.5 cm³/mol. The molecule has 0 aliphatic carbocycles. The fourth-order valence-corrected chi connectivity index (χ4v) is 0.744. The van der Waals surface area contributed by atoms with Crippen LogP contribution in [0.15, 0.2) is 0 Å². The van der Waals surface area contributed by atoms with Crippen molar-refractivity contribution in [1.29, 1.82) is 0 Å². The minimum atomic E-state index is -1.54. The summed E-state index contributed by atoms with van der Waals surface area (Å²) in [7, 11) is 0. The van der Waals surface area contributed by atoms with Gasteiger partial charge in [0.15, 0.2) is 6.29 Å². The Kier molecular flexibility index (Phi) is 4.67. The second-order valence-electron chi connectivity index (χ2n) is 2.35. The molecule has 0 aliphatic rings. The van der Waals surface area contributed by atoms with Gasteiger partial charge in [0.2, 0.25) is 0 Å². The summed E-state index contributed by atoms with van der Waals surface area (Å²) in [5, 5.41) is 26.3. The smallest absolute Gasteiger partial charge is 0.151 e. The van der Waals surface area contributed by atoms with Gasteiger partial charge in [-0.3, -0.25) is 0 Å². The van der Waals surface area contributed by atoms with Crippen LogP contribution in [0.4, 0.5) is 0 Å². The summed E-state index contributed by atoms with van der Waals surface area (Å²) in [5.41, 5.74) is 0. The Morgan fingerprint density at radius 2 is 1.73 bits per heavy atom. The molecule has 0 aromatic rings. The van der Waals surface area contributed by atoms with Crippen LogP contribution in [0.3, 0.4) is 0 Å². The Bertz CT molecular complexity index is 128. The highest BCUT2D eigenvalue weighted by atomic mass is 32.1. The van der Waals surface area contributed by atoms with Crippen LogP contribution in [0.5, 0.6) is 0 Å². The van der Waals surface area contributed by atoms with Gasteiger partial charge in [-0.25, -0.2) is 0 Å². The van der Waals surface area contributed by atoms with Crippen molar-refractivity contribution in [2.45, 2.75) is 30.5 Å². The van der Waals surface area contributed by atoms with E-state index < -0.39 is 23.6 Å². The molecule has 0 spiro atoms. The standard InChI is InChI=1S/C6H12O4S/c1-3(11)5(9)6(10)4(8)2-7/h2-6,8-11H,1H3. The molecule has 66 valence electrons. The fourth-order valence-electron chi connectivity index (χ4n) is 0.568. The number of aliphatic hydroxyl groups is 3. The van der Waals surface area contributed by atoms with Crippen molar-refractivity contribution in [3.8, 4) is 0 Å². The maximum atomic E-state index is 9.93. The molecule has 3 N–H and O–H groups in total. The van der Waals surface area contributed by atoms with Crippen LogP contribution in [0.25, 0.3) is 0 Å². The highest BCUT2D eigenvalue weighted by Gasteiger charge is 2.26. The minimum Gasteiger partial charge on any atom is -0.389 e. The molecule has 4 nitrogen and oxygen atoms in total. The Balaban J connectivity index is 4.00. The number of carbonyl (C=O) groups excluding carboxylic acids is 1. The maximum absolute atomic E-state index is 9.93. The largest absolute Gasteiger partial charge is 0.389 e. The topological polar surface area (TPSA) is 77.8 Å². The average Bonchev–Trinajstić information content (AvgIpc) is 2.00. The molecule has 4 unspecified atom stereocenters. The van der Waals surface area contributed by atoms with E-state index in [1.54, 1.807) is 6.92 Å². The fraction of sp³-hybridized carbons (Fsp3) is 0.833. The summed E-state index contributed by atoms with van der Waals surface area (Å²) < 4.78 is 0. The molecule has 0 aliphatic heterocycles. The van der Waals surface area contributed by atoms with Gasteiger partial charge in [-0.15, -0.1) is 0 Å². The van der Waals surface area contributed by atoms with E-state index in [1.165, 1.54) is 0 Å². The van der Waals surface area contributed by atoms with Crippen molar-refractivity contribution >= 4 is 18.9 Å². The summed E-state index contributed by atoms with van der Waals surface area (Å²) in [6.07, 6.45) is -4.03. The van der Waals surface area contributed by atoms with E-state index in [9.17, 15) is 4.79 Å². The van der Waals surface area contributed by atoms with Crippen molar-refractivity contribution in [3.05, 3.63) is 0 Å². The molecule has 4 atom stereocenters. The zero-order valence-electron chi connectivity index (χ0n) is 6.08. The zero-order valence-corrected chi connectivity index (χ0v) is 6.98. The summed E-state index contributed by atoms with van der Waals surface area (Å²) in [6.45, 7) is 1.55. The molecule has 0 aromatic carbocycles. The van der Waals surface area contributed by atoms with E-state index in [0.717, 1.165) is 0 Å². The van der Waals surface area contributed by atoms with E-state index in [0.29, 0.717) is 0 Å². The molecular formula is C6H12O4S. The molecule has 0 heterocycles. The van der Waals surface area contributed by atoms with Gasteiger partial charge in [0.1, 0.15) is 12.2 Å². The first-order valence-electron chi connectivity index (χ1n) is 3.18. The van der Waals surface area contributed by atoms with E-state index in [4.69, 9.17) is 15.3 Å². The van der Waals surface area contributed by atoms with Crippen LogP contribution < -0.4 is 0 Å². The van der Waals surface area contributed by atoms with Crippen LogP contribution in [0.2, 0.25) is 0 Å². The summed E-state index contributed by atoms with van der Waals surface area (Å²) in [6, 6.07) is 0. The quantitative estimate of drug-likeness (QED) is 0.316. The molecule has 0 bridgehead atoms. The summed E-state index contributed by atoms with van der Waals surface area (Å²) >= 11 is 3.83. The number of thiol groups is 1. The van der Waals surface area contributed by atoms with Gasteiger partial charge < -0.3 is 20.1 Å². The Labute approximate surface area is 70.3 Å². The van der Waals surface area contributed by atoms with Crippen LogP contribution in [-0.4, -0.2) is 45.2 Å². The van der Waals surface area contributed by atoms with E-state index in [2.05, 4.69) is 12.6 Å². The lowest BCUT2D eigenvalue weighted by molar-refractivity contribution is -0.125. The average molecular weight is 180 g/mol. The second-order valence-corrected chi connectivity index (χ2v) is 3.16. The van der Waals surface area contributed by atoms with Gasteiger partial charge in [-0.2, -0.15) is 12.6 Å². The Morgan fingerprint density at radius 3 is 2.00 bits per heavy atom. The molecule has 0 fully saturated rings. The van der Waals surface area contributed by atoms with Crippen LogP contribution in [0, 0.1) is 0 Å². The van der Waals surface area contributed by atoms with Gasteiger partial charge in [-0.1, -0.05) is 6.92 Å². The van der Waals surface area contributed by atoms with Gasteiger partial charge >= 0.3 is 0 Å². The molecule has 0 saturated carbocycles. The first-order valence-corrected chi connectivity index (χ1v) is 3.70. The molecule has 0 amide bonds. The number of aliphatic hydroxyl groups excluding tert-OH is 3. The van der Waals surface area contributed by atoms with Gasteiger partial charge in [0, 0.05) is 5.25 Å². The first-order chi connectivity index (χ1) is 5.00. The van der Waals surface area contributed by atoms with Crippen molar-refractivity contribution in [2.75, 3.05) is 0 Å². The lowest BCUT2D eigenvalue weighted by Crippen LogP contribution is -2.42. The molecule has 0 rings (SSSR count). The molecule has 0 aromatic heterocycles. The zero-order chi connectivity index (χ0) is 9.02. The lowest BCUT2D eigenvalue weighted by atomic mass is 10.1. The third kappa shape index (κ3) is 3.20. The first kappa shape index (κ1) is 10.9. The van der Waals surface area contributed by atoms with Crippen molar-refractivity contribution in [2.24, 2.45) is 0 Å². The van der Waals surface area contributed by atoms with E-state index >= 15 is 0 Å². The molecule has 0 radical (unpaired) electrons. The van der Waals surface area contributed by atoms with E-state index in [1.807, 2.05) is 0 Å². The van der Waals surface area contributed by atoms with Gasteiger partial charge in [0.25, 0.3) is 0 Å². The maximum Gasteiger partial charge on any atom is 0.151 e. The number of rotatable bonds is 4. The summed E-state index contributed by atoms with van der Waals surface area (Å²) in [4.78, 5) is 9.93. The normalized spacial score (nSPS) is 21.9. The number of hydrogen-bond donors (Lipinski definition) is 4. The highest BCUT2D eigenvalue weighted by Crippen LogP contribution is 2.07. The lowest BCUT2D eigenvalue weighted by Gasteiger charge is -2.21. The monoisotopic (exact) mass is 180 g/mol. The molecular weight excluding hydrogens is 168 g/mol. The van der Waals surface area contributed by atoms with Crippen LogP contribution in [0.1, 0.15) is 6.92 Å². The van der Waals surface area contributed by atoms with Crippen molar-refractivity contribution in [3.63, 3.8) is 0 Å². The van der Waals surface area contributed by atoms with Crippen LogP contribution >= 0.6 is 12.6 Å². The van der Waals surface area contributed by atoms with Crippen molar-refractivity contribution < 1.29 is 20.1 Å². The Hall–Kier alpha value is -0.100. The van der Waals surface area contributed by atoms with Gasteiger partial charge in [0.05, 0.1) is 6.10 Å². The highest BCUT2D eigenvalue weighted by molar-refractivity contribution is 7.81. The van der Waals surface area contributed by atoms with E-state index in [-0.39, 0.29) is 6.29 Å². The number of aldehydes is 1.